The van der Waals surface area contributed by atoms with Crippen LogP contribution in [0.1, 0.15) is 18.4 Å². The number of amides is 1. The van der Waals surface area contributed by atoms with E-state index in [4.69, 9.17) is 0 Å². The predicted octanol–water partition coefficient (Wildman–Crippen LogP) is 1.59. The van der Waals surface area contributed by atoms with Gasteiger partial charge in [-0.3, -0.25) is 14.9 Å². The molecular weight excluding hydrogens is 260 g/mol. The maximum atomic E-state index is 12.0. The fourth-order valence-electron chi connectivity index (χ4n) is 2.29. The molecule has 0 radical (unpaired) electrons. The molecule has 0 aliphatic carbocycles. The van der Waals surface area contributed by atoms with Crippen LogP contribution in [0, 0.1) is 10.1 Å². The highest BCUT2D eigenvalue weighted by Gasteiger charge is 2.26. The molecule has 106 valence electrons. The third kappa shape index (κ3) is 3.21. The highest BCUT2D eigenvalue weighted by atomic mass is 16.6. The summed E-state index contributed by atoms with van der Waals surface area (Å²) in [7, 11) is 0. The topological polar surface area (TPSA) is 83.7 Å². The molecule has 1 aromatic rings. The molecule has 0 saturated carbocycles. The summed E-state index contributed by atoms with van der Waals surface area (Å²) in [5, 5.41) is 19.7. The van der Waals surface area contributed by atoms with Crippen molar-refractivity contribution in [3.05, 3.63) is 46.0 Å². The van der Waals surface area contributed by atoms with Gasteiger partial charge in [-0.15, -0.1) is 0 Å². The summed E-state index contributed by atoms with van der Waals surface area (Å²) in [6.07, 6.45) is 4.80. The van der Waals surface area contributed by atoms with Gasteiger partial charge in [0.25, 0.3) is 5.69 Å². The number of aliphatic hydroxyl groups excluding tert-OH is 1. The smallest absolute Gasteiger partial charge is 0.269 e. The Bertz CT molecular complexity index is 524. The van der Waals surface area contributed by atoms with Crippen molar-refractivity contribution in [1.82, 2.24) is 4.90 Å². The van der Waals surface area contributed by atoms with Gasteiger partial charge < -0.3 is 10.0 Å². The van der Waals surface area contributed by atoms with E-state index in [2.05, 4.69) is 0 Å². The minimum atomic E-state index is -0.464. The van der Waals surface area contributed by atoms with Crippen molar-refractivity contribution < 1.29 is 14.8 Å². The van der Waals surface area contributed by atoms with E-state index >= 15 is 0 Å². The number of nitro groups is 1. The van der Waals surface area contributed by atoms with Crippen LogP contribution in [0.25, 0.3) is 6.08 Å². The molecule has 1 aliphatic rings. The maximum absolute atomic E-state index is 12.0. The fraction of sp³-hybridized carbons (Fsp3) is 0.357. The first-order chi connectivity index (χ1) is 9.61. The first-order valence-electron chi connectivity index (χ1n) is 6.46. The maximum Gasteiger partial charge on any atom is 0.269 e. The van der Waals surface area contributed by atoms with Crippen LogP contribution in [0.4, 0.5) is 5.69 Å². The summed E-state index contributed by atoms with van der Waals surface area (Å²) in [5.74, 6) is -0.139. The molecule has 2 rings (SSSR count). The average molecular weight is 276 g/mol. The van der Waals surface area contributed by atoms with Crippen LogP contribution in [0.15, 0.2) is 30.3 Å². The number of non-ortho nitro benzene ring substituents is 1. The molecule has 1 unspecified atom stereocenters. The third-order valence-electron chi connectivity index (χ3n) is 3.39. The molecule has 1 heterocycles. The van der Waals surface area contributed by atoms with Gasteiger partial charge in [-0.25, -0.2) is 0 Å². The van der Waals surface area contributed by atoms with E-state index in [1.165, 1.54) is 18.2 Å². The lowest BCUT2D eigenvalue weighted by molar-refractivity contribution is -0.384. The van der Waals surface area contributed by atoms with Crippen LogP contribution in [0.5, 0.6) is 0 Å². The first-order valence-corrected chi connectivity index (χ1v) is 6.46. The summed E-state index contributed by atoms with van der Waals surface area (Å²) in [6, 6.07) is 5.89. The van der Waals surface area contributed by atoms with Crippen LogP contribution in [0.3, 0.4) is 0 Å². The Morgan fingerprint density at radius 1 is 1.45 bits per heavy atom. The van der Waals surface area contributed by atoms with Crippen LogP contribution < -0.4 is 0 Å². The van der Waals surface area contributed by atoms with Gasteiger partial charge in [0, 0.05) is 24.8 Å². The largest absolute Gasteiger partial charge is 0.394 e. The quantitative estimate of drug-likeness (QED) is 0.514. The van der Waals surface area contributed by atoms with E-state index in [0.717, 1.165) is 18.4 Å². The van der Waals surface area contributed by atoms with Crippen LogP contribution in [-0.2, 0) is 4.79 Å². The van der Waals surface area contributed by atoms with E-state index in [-0.39, 0.29) is 24.2 Å². The molecule has 0 spiro atoms. The Balaban J connectivity index is 2.01. The van der Waals surface area contributed by atoms with E-state index in [0.29, 0.717) is 6.54 Å². The van der Waals surface area contributed by atoms with Gasteiger partial charge in [0.05, 0.1) is 17.6 Å². The van der Waals surface area contributed by atoms with Crippen molar-refractivity contribution in [2.45, 2.75) is 18.9 Å². The van der Waals surface area contributed by atoms with E-state index in [1.807, 2.05) is 0 Å². The normalized spacial score (nSPS) is 18.6. The number of nitrogens with zero attached hydrogens (tertiary/aromatic N) is 2. The lowest BCUT2D eigenvalue weighted by Gasteiger charge is -2.21. The first kappa shape index (κ1) is 14.2. The predicted molar refractivity (Wildman–Crippen MR) is 74.0 cm³/mol. The summed E-state index contributed by atoms with van der Waals surface area (Å²) in [5.41, 5.74) is 0.747. The van der Waals surface area contributed by atoms with Gasteiger partial charge in [0.1, 0.15) is 0 Å². The highest BCUT2D eigenvalue weighted by molar-refractivity contribution is 5.92. The lowest BCUT2D eigenvalue weighted by atomic mass is 10.2. The van der Waals surface area contributed by atoms with Gasteiger partial charge in [-0.1, -0.05) is 0 Å². The van der Waals surface area contributed by atoms with Crippen molar-refractivity contribution in [3.63, 3.8) is 0 Å². The molecule has 0 bridgehead atoms. The molecule has 20 heavy (non-hydrogen) atoms. The van der Waals surface area contributed by atoms with E-state index < -0.39 is 4.92 Å². The summed E-state index contributed by atoms with van der Waals surface area (Å²) < 4.78 is 0. The number of nitro benzene ring substituents is 1. The van der Waals surface area contributed by atoms with Gasteiger partial charge in [-0.2, -0.15) is 0 Å². The lowest BCUT2D eigenvalue weighted by Crippen LogP contribution is -2.36. The zero-order valence-electron chi connectivity index (χ0n) is 10.9. The van der Waals surface area contributed by atoms with Crippen molar-refractivity contribution in [2.75, 3.05) is 13.2 Å². The van der Waals surface area contributed by atoms with Crippen molar-refractivity contribution in [2.24, 2.45) is 0 Å². The minimum absolute atomic E-state index is 0.0168. The molecule has 6 nitrogen and oxygen atoms in total. The molecular formula is C14H16N2O4. The second kappa shape index (κ2) is 6.29. The average Bonchev–Trinajstić information content (AvgIpc) is 2.93. The highest BCUT2D eigenvalue weighted by Crippen LogP contribution is 2.18. The summed E-state index contributed by atoms with van der Waals surface area (Å²) in [4.78, 5) is 23.7. The van der Waals surface area contributed by atoms with Gasteiger partial charge >= 0.3 is 0 Å². The molecule has 1 aliphatic heterocycles. The van der Waals surface area contributed by atoms with Crippen LogP contribution in [-0.4, -0.2) is 40.0 Å². The number of carbonyl (C=O) groups excluding carboxylic acids is 1. The minimum Gasteiger partial charge on any atom is -0.394 e. The van der Waals surface area contributed by atoms with E-state index in [1.54, 1.807) is 23.1 Å². The third-order valence-corrected chi connectivity index (χ3v) is 3.39. The number of aliphatic hydroxyl groups is 1. The molecule has 1 N–H and O–H groups in total. The Labute approximate surface area is 116 Å². The Kier molecular flexibility index (Phi) is 4.47. The standard InChI is InChI=1S/C14H16N2O4/c17-10-13-2-1-9-15(13)14(18)8-5-11-3-6-12(7-4-11)16(19)20/h3-8,13,17H,1-2,9-10H2. The van der Waals surface area contributed by atoms with E-state index in [9.17, 15) is 20.0 Å². The molecule has 1 aromatic carbocycles. The molecule has 1 amide bonds. The zero-order chi connectivity index (χ0) is 14.5. The molecule has 1 atom stereocenters. The van der Waals surface area contributed by atoms with Crippen molar-refractivity contribution in [1.29, 1.82) is 0 Å². The number of benzene rings is 1. The zero-order valence-corrected chi connectivity index (χ0v) is 10.9. The fourth-order valence-corrected chi connectivity index (χ4v) is 2.29. The number of carbonyl (C=O) groups is 1. The molecule has 1 fully saturated rings. The summed E-state index contributed by atoms with van der Waals surface area (Å²) in [6.45, 7) is 0.645. The second-order valence-electron chi connectivity index (χ2n) is 4.69. The van der Waals surface area contributed by atoms with Crippen LogP contribution in [0.2, 0.25) is 0 Å². The number of rotatable bonds is 4. The number of hydrogen-bond donors (Lipinski definition) is 1. The van der Waals surface area contributed by atoms with Gasteiger partial charge in [0.2, 0.25) is 5.91 Å². The second-order valence-corrected chi connectivity index (χ2v) is 4.69. The number of hydrogen-bond acceptors (Lipinski definition) is 4. The SMILES string of the molecule is O=C(C=Cc1ccc([N+](=O)[O-])cc1)N1CCCC1CO. The van der Waals surface area contributed by atoms with Gasteiger partial charge in [-0.05, 0) is 36.6 Å². The van der Waals surface area contributed by atoms with Crippen molar-refractivity contribution in [3.8, 4) is 0 Å². The molecule has 6 heteroatoms. The molecule has 0 aromatic heterocycles. The van der Waals surface area contributed by atoms with Crippen molar-refractivity contribution >= 4 is 17.7 Å². The van der Waals surface area contributed by atoms with Gasteiger partial charge in [0.15, 0.2) is 0 Å². The molecule has 1 saturated heterocycles. The number of likely N-dealkylation sites (tertiary alicyclic amines) is 1. The monoisotopic (exact) mass is 276 g/mol. The summed E-state index contributed by atoms with van der Waals surface area (Å²) >= 11 is 0. The van der Waals surface area contributed by atoms with Crippen LogP contribution >= 0.6 is 0 Å². The Morgan fingerprint density at radius 3 is 2.75 bits per heavy atom. The Hall–Kier alpha value is -2.21. The Morgan fingerprint density at radius 2 is 2.15 bits per heavy atom.